The van der Waals surface area contributed by atoms with Gasteiger partial charge in [0.2, 0.25) is 5.89 Å². The molecule has 0 radical (unpaired) electrons. The van der Waals surface area contributed by atoms with Gasteiger partial charge in [0, 0.05) is 5.41 Å². The lowest BCUT2D eigenvalue weighted by molar-refractivity contribution is 0.311. The molecular weight excluding hydrogens is 266 g/mol. The largest absolute Gasteiger partial charge is 0.497 e. The number of aromatic nitrogens is 2. The molecule has 5 heteroatoms. The third-order valence-electron chi connectivity index (χ3n) is 3.31. The van der Waals surface area contributed by atoms with Crippen molar-refractivity contribution in [3.05, 3.63) is 41.5 Å². The first kappa shape index (κ1) is 15.5. The Morgan fingerprint density at radius 1 is 1.14 bits per heavy atom. The third-order valence-corrected chi connectivity index (χ3v) is 3.31. The number of methoxy groups -OCH3 is 1. The number of benzene rings is 1. The van der Waals surface area contributed by atoms with E-state index in [1.165, 1.54) is 0 Å². The summed E-state index contributed by atoms with van der Waals surface area (Å²) in [4.78, 5) is 4.46. The summed E-state index contributed by atoms with van der Waals surface area (Å²) in [5.74, 6) is 1.96. The molecule has 1 atom stereocenters. The Balaban J connectivity index is 2.18. The lowest BCUT2D eigenvalue weighted by atomic mass is 9.92. The molecule has 1 unspecified atom stereocenters. The molecular formula is C16H23N3O2. The average Bonchev–Trinajstić information content (AvgIpc) is 2.89. The molecule has 0 aliphatic rings. The molecule has 114 valence electrons. The monoisotopic (exact) mass is 289 g/mol. The summed E-state index contributed by atoms with van der Waals surface area (Å²) in [5, 5.41) is 4.05. The number of nitrogens with two attached hydrogens (primary N) is 1. The number of hydrogen-bond donors (Lipinski definition) is 1. The number of hydrogen-bond acceptors (Lipinski definition) is 5. The Morgan fingerprint density at radius 3 is 2.24 bits per heavy atom. The van der Waals surface area contributed by atoms with Gasteiger partial charge in [-0.15, -0.1) is 0 Å². The molecule has 5 nitrogen and oxygen atoms in total. The van der Waals surface area contributed by atoms with Crippen molar-refractivity contribution >= 4 is 0 Å². The van der Waals surface area contributed by atoms with Crippen LogP contribution in [-0.4, -0.2) is 17.3 Å². The Morgan fingerprint density at radius 2 is 1.76 bits per heavy atom. The lowest BCUT2D eigenvalue weighted by Crippen LogP contribution is -2.37. The summed E-state index contributed by atoms with van der Waals surface area (Å²) in [6.07, 6.45) is 0.625. The fourth-order valence-corrected chi connectivity index (χ4v) is 2.01. The maximum Gasteiger partial charge on any atom is 0.232 e. The minimum absolute atomic E-state index is 0.179. The van der Waals surface area contributed by atoms with E-state index in [1.807, 2.05) is 52.0 Å². The van der Waals surface area contributed by atoms with Gasteiger partial charge in [-0.05, 0) is 31.0 Å². The molecule has 0 saturated heterocycles. The summed E-state index contributed by atoms with van der Waals surface area (Å²) in [6, 6.07) is 7.83. The fraction of sp³-hybridized carbons (Fsp3) is 0.500. The zero-order chi connectivity index (χ0) is 15.7. The predicted octanol–water partition coefficient (Wildman–Crippen LogP) is 2.79. The van der Waals surface area contributed by atoms with Gasteiger partial charge in [-0.1, -0.05) is 38.1 Å². The number of ether oxygens (including phenoxy) is 1. The molecule has 2 aromatic rings. The topological polar surface area (TPSA) is 74.2 Å². The molecule has 0 bridgehead atoms. The predicted molar refractivity (Wildman–Crippen MR) is 81.2 cm³/mol. The van der Waals surface area contributed by atoms with E-state index >= 15 is 0 Å². The van der Waals surface area contributed by atoms with E-state index in [-0.39, 0.29) is 5.41 Å². The molecule has 0 amide bonds. The van der Waals surface area contributed by atoms with Gasteiger partial charge in [-0.3, -0.25) is 0 Å². The van der Waals surface area contributed by atoms with Crippen molar-refractivity contribution in [2.45, 2.75) is 45.1 Å². The van der Waals surface area contributed by atoms with E-state index in [4.69, 9.17) is 15.0 Å². The van der Waals surface area contributed by atoms with E-state index < -0.39 is 5.54 Å². The van der Waals surface area contributed by atoms with Crippen molar-refractivity contribution in [1.82, 2.24) is 10.1 Å². The van der Waals surface area contributed by atoms with Gasteiger partial charge in [0.25, 0.3) is 0 Å². The highest BCUT2D eigenvalue weighted by atomic mass is 16.5. The van der Waals surface area contributed by atoms with E-state index in [0.717, 1.165) is 11.3 Å². The molecule has 0 spiro atoms. The van der Waals surface area contributed by atoms with Crippen molar-refractivity contribution in [3.8, 4) is 5.75 Å². The van der Waals surface area contributed by atoms with Crippen LogP contribution in [0.25, 0.3) is 0 Å². The van der Waals surface area contributed by atoms with Crippen LogP contribution in [0.4, 0.5) is 0 Å². The van der Waals surface area contributed by atoms with Crippen LogP contribution in [-0.2, 0) is 17.4 Å². The quantitative estimate of drug-likeness (QED) is 0.936. The summed E-state index contributed by atoms with van der Waals surface area (Å²) in [5.41, 5.74) is 6.62. The lowest BCUT2D eigenvalue weighted by Gasteiger charge is -2.20. The summed E-state index contributed by atoms with van der Waals surface area (Å²) in [6.45, 7) is 8.00. The molecule has 1 aromatic carbocycles. The molecule has 0 aliphatic heterocycles. The molecule has 0 saturated carbocycles. The molecule has 1 heterocycles. The Kier molecular flexibility index (Phi) is 4.05. The second-order valence-corrected chi connectivity index (χ2v) is 6.62. The van der Waals surface area contributed by atoms with Gasteiger partial charge in [0.15, 0.2) is 5.82 Å². The normalized spacial score (nSPS) is 14.8. The van der Waals surface area contributed by atoms with Crippen LogP contribution >= 0.6 is 0 Å². The molecule has 1 aromatic heterocycles. The highest BCUT2D eigenvalue weighted by Gasteiger charge is 2.30. The van der Waals surface area contributed by atoms with Gasteiger partial charge in [0.05, 0.1) is 12.6 Å². The van der Waals surface area contributed by atoms with E-state index in [1.54, 1.807) is 7.11 Å². The van der Waals surface area contributed by atoms with Crippen molar-refractivity contribution in [2.24, 2.45) is 5.73 Å². The van der Waals surface area contributed by atoms with Crippen molar-refractivity contribution in [2.75, 3.05) is 7.11 Å². The standard InChI is InChI=1S/C16H23N3O2/c1-15(2,3)14-18-13(19-21-14)16(4,17)10-11-6-8-12(20-5)9-7-11/h6-9H,10,17H2,1-5H3. The highest BCUT2D eigenvalue weighted by molar-refractivity contribution is 5.28. The Hall–Kier alpha value is -1.88. The smallest absolute Gasteiger partial charge is 0.232 e. The number of nitrogens with zero attached hydrogens (tertiary/aromatic N) is 2. The minimum Gasteiger partial charge on any atom is -0.497 e. The zero-order valence-electron chi connectivity index (χ0n) is 13.3. The average molecular weight is 289 g/mol. The second-order valence-electron chi connectivity index (χ2n) is 6.62. The van der Waals surface area contributed by atoms with Crippen LogP contribution < -0.4 is 10.5 Å². The maximum absolute atomic E-state index is 6.38. The third kappa shape index (κ3) is 3.61. The van der Waals surface area contributed by atoms with Crippen LogP contribution in [0.5, 0.6) is 5.75 Å². The van der Waals surface area contributed by atoms with E-state index in [9.17, 15) is 0 Å². The SMILES string of the molecule is COc1ccc(CC(C)(N)c2noc(C(C)(C)C)n2)cc1. The maximum atomic E-state index is 6.38. The second kappa shape index (κ2) is 5.48. The molecule has 2 N–H and O–H groups in total. The first-order chi connectivity index (χ1) is 9.72. The van der Waals surface area contributed by atoms with Gasteiger partial charge in [-0.2, -0.15) is 4.98 Å². The van der Waals surface area contributed by atoms with Crippen molar-refractivity contribution in [1.29, 1.82) is 0 Å². The number of rotatable bonds is 4. The van der Waals surface area contributed by atoms with Gasteiger partial charge < -0.3 is 15.0 Å². The Labute approximate surface area is 125 Å². The molecule has 0 fully saturated rings. The first-order valence-corrected chi connectivity index (χ1v) is 6.99. The van der Waals surface area contributed by atoms with Crippen LogP contribution in [0, 0.1) is 0 Å². The highest BCUT2D eigenvalue weighted by Crippen LogP contribution is 2.25. The van der Waals surface area contributed by atoms with Crippen molar-refractivity contribution in [3.63, 3.8) is 0 Å². The van der Waals surface area contributed by atoms with E-state index in [0.29, 0.717) is 18.1 Å². The summed E-state index contributed by atoms with van der Waals surface area (Å²) >= 11 is 0. The van der Waals surface area contributed by atoms with Crippen molar-refractivity contribution < 1.29 is 9.26 Å². The van der Waals surface area contributed by atoms with Gasteiger partial charge in [-0.25, -0.2) is 0 Å². The van der Waals surface area contributed by atoms with Crippen LogP contribution in [0.1, 0.15) is 45.0 Å². The summed E-state index contributed by atoms with van der Waals surface area (Å²) < 4.78 is 10.5. The van der Waals surface area contributed by atoms with Crippen LogP contribution in [0.3, 0.4) is 0 Å². The van der Waals surface area contributed by atoms with Crippen LogP contribution in [0.2, 0.25) is 0 Å². The van der Waals surface area contributed by atoms with E-state index in [2.05, 4.69) is 10.1 Å². The minimum atomic E-state index is -0.679. The molecule has 0 aliphatic carbocycles. The Bertz CT molecular complexity index is 595. The van der Waals surface area contributed by atoms with Crippen LogP contribution in [0.15, 0.2) is 28.8 Å². The first-order valence-electron chi connectivity index (χ1n) is 6.99. The molecule has 21 heavy (non-hydrogen) atoms. The van der Waals surface area contributed by atoms with Gasteiger partial charge in [0.1, 0.15) is 5.75 Å². The zero-order valence-corrected chi connectivity index (χ0v) is 13.3. The summed E-state index contributed by atoms with van der Waals surface area (Å²) in [7, 11) is 1.65. The van der Waals surface area contributed by atoms with Gasteiger partial charge >= 0.3 is 0 Å². The fourth-order valence-electron chi connectivity index (χ4n) is 2.01. The molecule has 2 rings (SSSR count).